The highest BCUT2D eigenvalue weighted by Gasteiger charge is 2.15. The smallest absolute Gasteiger partial charge is 0.336 e. The lowest BCUT2D eigenvalue weighted by atomic mass is 10.1. The molecule has 6 nitrogen and oxygen atoms in total. The third-order valence-corrected chi connectivity index (χ3v) is 2.96. The van der Waals surface area contributed by atoms with Gasteiger partial charge in [0.2, 0.25) is 0 Å². The minimum atomic E-state index is -1.11. The van der Waals surface area contributed by atoms with Crippen molar-refractivity contribution in [3.63, 3.8) is 0 Å². The Hall–Kier alpha value is -2.63. The van der Waals surface area contributed by atoms with Crippen molar-refractivity contribution < 1.29 is 14.7 Å². The summed E-state index contributed by atoms with van der Waals surface area (Å²) in [6.07, 6.45) is 4.11. The Morgan fingerprint density at radius 1 is 1.30 bits per heavy atom. The predicted octanol–water partition coefficient (Wildman–Crippen LogP) is 1.09. The molecule has 0 aliphatic rings. The second-order valence-corrected chi connectivity index (χ2v) is 4.31. The van der Waals surface area contributed by atoms with Gasteiger partial charge in [-0.1, -0.05) is 12.1 Å². The number of benzene rings is 1. The normalized spacial score (nSPS) is 10.2. The van der Waals surface area contributed by atoms with Gasteiger partial charge in [-0.2, -0.15) is 0 Å². The summed E-state index contributed by atoms with van der Waals surface area (Å²) in [6.45, 7) is 0.400. The monoisotopic (exact) mass is 273 g/mol. The number of hydrogen-bond donors (Lipinski definition) is 2. The average Bonchev–Trinajstić information content (AvgIpc) is 2.84. The van der Waals surface area contributed by atoms with E-state index in [1.165, 1.54) is 12.1 Å². The molecule has 0 fully saturated rings. The fourth-order valence-electron chi connectivity index (χ4n) is 1.89. The van der Waals surface area contributed by atoms with E-state index in [1.807, 2.05) is 17.8 Å². The van der Waals surface area contributed by atoms with E-state index in [4.69, 9.17) is 5.11 Å². The molecule has 1 amide bonds. The number of imidazole rings is 1. The van der Waals surface area contributed by atoms with E-state index in [9.17, 15) is 9.59 Å². The molecule has 0 saturated heterocycles. The van der Waals surface area contributed by atoms with Crippen LogP contribution in [0.4, 0.5) is 0 Å². The van der Waals surface area contributed by atoms with Gasteiger partial charge in [0, 0.05) is 32.4 Å². The van der Waals surface area contributed by atoms with Crippen LogP contribution in [0.3, 0.4) is 0 Å². The maximum atomic E-state index is 12.0. The summed E-state index contributed by atoms with van der Waals surface area (Å²) in [6, 6.07) is 6.14. The van der Waals surface area contributed by atoms with E-state index >= 15 is 0 Å². The standard InChI is InChI=1S/C14H15N3O3/c1-17-9-8-15-12(17)6-7-16-13(18)10-4-2-3-5-11(10)14(19)20/h2-5,8-9H,6-7H2,1H3,(H,16,18)(H,19,20). The Kier molecular flexibility index (Phi) is 4.14. The molecule has 1 heterocycles. The molecule has 2 aromatic rings. The first-order chi connectivity index (χ1) is 9.59. The van der Waals surface area contributed by atoms with Crippen LogP contribution in [0.2, 0.25) is 0 Å². The summed E-state index contributed by atoms with van der Waals surface area (Å²) in [5, 5.41) is 11.7. The molecule has 6 heteroatoms. The number of aromatic carboxylic acids is 1. The largest absolute Gasteiger partial charge is 0.478 e. The number of hydrogen-bond acceptors (Lipinski definition) is 3. The number of nitrogens with one attached hydrogen (secondary N) is 1. The SMILES string of the molecule is Cn1ccnc1CCNC(=O)c1ccccc1C(=O)O. The number of nitrogens with zero attached hydrogens (tertiary/aromatic N) is 2. The summed E-state index contributed by atoms with van der Waals surface area (Å²) in [4.78, 5) is 27.2. The summed E-state index contributed by atoms with van der Waals surface area (Å²) in [5.74, 6) is -0.645. The van der Waals surface area contributed by atoms with Crippen LogP contribution >= 0.6 is 0 Å². The first kappa shape index (κ1) is 13.8. The van der Waals surface area contributed by atoms with Crippen molar-refractivity contribution in [3.05, 3.63) is 53.6 Å². The quantitative estimate of drug-likeness (QED) is 0.854. The minimum absolute atomic E-state index is 0.00184. The second kappa shape index (κ2) is 6.01. The molecule has 1 aromatic heterocycles. The molecule has 0 aliphatic heterocycles. The number of carboxylic acids is 1. The molecule has 0 spiro atoms. The zero-order chi connectivity index (χ0) is 14.5. The highest BCUT2D eigenvalue weighted by atomic mass is 16.4. The van der Waals surface area contributed by atoms with Crippen LogP contribution in [0.25, 0.3) is 0 Å². The van der Waals surface area contributed by atoms with Gasteiger partial charge in [0.15, 0.2) is 0 Å². The van der Waals surface area contributed by atoms with E-state index in [2.05, 4.69) is 10.3 Å². The first-order valence-electron chi connectivity index (χ1n) is 6.16. The predicted molar refractivity (Wildman–Crippen MR) is 72.6 cm³/mol. The summed E-state index contributed by atoms with van der Waals surface area (Å²) < 4.78 is 1.87. The highest BCUT2D eigenvalue weighted by molar-refractivity contribution is 6.04. The van der Waals surface area contributed by atoms with Crippen LogP contribution in [-0.4, -0.2) is 33.1 Å². The molecule has 0 saturated carbocycles. The van der Waals surface area contributed by atoms with Crippen LogP contribution in [-0.2, 0) is 13.5 Å². The summed E-state index contributed by atoms with van der Waals surface area (Å²) >= 11 is 0. The number of aromatic nitrogens is 2. The molecule has 0 aliphatic carbocycles. The number of carbonyl (C=O) groups excluding carboxylic acids is 1. The van der Waals surface area contributed by atoms with E-state index in [1.54, 1.807) is 18.3 Å². The number of amides is 1. The minimum Gasteiger partial charge on any atom is -0.478 e. The maximum absolute atomic E-state index is 12.0. The van der Waals surface area contributed by atoms with Crippen LogP contribution in [0.5, 0.6) is 0 Å². The number of carboxylic acid groups (broad SMARTS) is 1. The van der Waals surface area contributed by atoms with Crippen LogP contribution < -0.4 is 5.32 Å². The molecule has 2 rings (SSSR count). The van der Waals surface area contributed by atoms with Crippen molar-refractivity contribution in [2.75, 3.05) is 6.54 Å². The Balaban J connectivity index is 1.99. The molecule has 20 heavy (non-hydrogen) atoms. The van der Waals surface area contributed by atoms with E-state index < -0.39 is 11.9 Å². The van der Waals surface area contributed by atoms with Gasteiger partial charge in [-0.25, -0.2) is 9.78 Å². The molecule has 0 atom stereocenters. The van der Waals surface area contributed by atoms with E-state index in [-0.39, 0.29) is 11.1 Å². The number of aryl methyl sites for hydroxylation is 1. The summed E-state index contributed by atoms with van der Waals surface area (Å²) in [5.41, 5.74) is 0.168. The molecule has 0 unspecified atom stereocenters. The fourth-order valence-corrected chi connectivity index (χ4v) is 1.89. The van der Waals surface area contributed by atoms with Crippen molar-refractivity contribution >= 4 is 11.9 Å². The molecular formula is C14H15N3O3. The van der Waals surface area contributed by atoms with Gasteiger partial charge >= 0.3 is 5.97 Å². The van der Waals surface area contributed by atoms with Gasteiger partial charge in [0.1, 0.15) is 5.82 Å². The zero-order valence-corrected chi connectivity index (χ0v) is 11.0. The Labute approximate surface area is 116 Å². The lowest BCUT2D eigenvalue weighted by molar-refractivity contribution is 0.0691. The van der Waals surface area contributed by atoms with Crippen molar-refractivity contribution in [1.29, 1.82) is 0 Å². The first-order valence-corrected chi connectivity index (χ1v) is 6.16. The second-order valence-electron chi connectivity index (χ2n) is 4.31. The number of rotatable bonds is 5. The van der Waals surface area contributed by atoms with Crippen molar-refractivity contribution in [1.82, 2.24) is 14.9 Å². The van der Waals surface area contributed by atoms with Crippen molar-refractivity contribution in [2.45, 2.75) is 6.42 Å². The van der Waals surface area contributed by atoms with Crippen LogP contribution in [0, 0.1) is 0 Å². The molecule has 2 N–H and O–H groups in total. The maximum Gasteiger partial charge on any atom is 0.336 e. The topological polar surface area (TPSA) is 84.2 Å². The Bertz CT molecular complexity index is 634. The van der Waals surface area contributed by atoms with Gasteiger partial charge in [0.05, 0.1) is 11.1 Å². The molecular weight excluding hydrogens is 258 g/mol. The van der Waals surface area contributed by atoms with Gasteiger partial charge in [0.25, 0.3) is 5.91 Å². The Morgan fingerprint density at radius 2 is 2.00 bits per heavy atom. The lowest BCUT2D eigenvalue weighted by Gasteiger charge is -2.07. The van der Waals surface area contributed by atoms with Gasteiger partial charge < -0.3 is 15.0 Å². The van der Waals surface area contributed by atoms with Gasteiger partial charge in [-0.3, -0.25) is 4.79 Å². The van der Waals surface area contributed by atoms with Crippen molar-refractivity contribution in [3.8, 4) is 0 Å². The molecule has 0 bridgehead atoms. The van der Waals surface area contributed by atoms with E-state index in [0.717, 1.165) is 5.82 Å². The van der Waals surface area contributed by atoms with Crippen LogP contribution in [0.1, 0.15) is 26.5 Å². The highest BCUT2D eigenvalue weighted by Crippen LogP contribution is 2.08. The molecule has 0 radical (unpaired) electrons. The third kappa shape index (κ3) is 3.03. The average molecular weight is 273 g/mol. The van der Waals surface area contributed by atoms with Gasteiger partial charge in [-0.15, -0.1) is 0 Å². The Morgan fingerprint density at radius 3 is 2.60 bits per heavy atom. The lowest BCUT2D eigenvalue weighted by Crippen LogP contribution is -2.27. The molecule has 1 aromatic carbocycles. The zero-order valence-electron chi connectivity index (χ0n) is 11.0. The van der Waals surface area contributed by atoms with Gasteiger partial charge in [-0.05, 0) is 12.1 Å². The summed E-state index contributed by atoms with van der Waals surface area (Å²) in [7, 11) is 1.88. The van der Waals surface area contributed by atoms with Crippen LogP contribution in [0.15, 0.2) is 36.7 Å². The molecule has 104 valence electrons. The number of carbonyl (C=O) groups is 2. The fraction of sp³-hybridized carbons (Fsp3) is 0.214. The van der Waals surface area contributed by atoms with E-state index in [0.29, 0.717) is 13.0 Å². The third-order valence-electron chi connectivity index (χ3n) is 2.96. The van der Waals surface area contributed by atoms with Crippen molar-refractivity contribution in [2.24, 2.45) is 7.05 Å².